The van der Waals surface area contributed by atoms with Gasteiger partial charge >= 0.3 is 0 Å². The molecule has 9 heteroatoms. The maximum absolute atomic E-state index is 8.27. The minimum atomic E-state index is -2.51. The van der Waals surface area contributed by atoms with Gasteiger partial charge < -0.3 is 0 Å². The zero-order valence-electron chi connectivity index (χ0n) is 50.1. The first kappa shape index (κ1) is 38.3. The fraction of sp³-hybridized carbons (Fsp3) is 0.250. The second-order valence-corrected chi connectivity index (χ2v) is 17.0. The number of aryl methyl sites for hydroxylation is 7. The number of hydrogen-bond donors (Lipinski definition) is 0. The molecule has 9 nitrogen and oxygen atoms in total. The molecule has 6 aromatic heterocycles. The van der Waals surface area contributed by atoms with Gasteiger partial charge in [0.05, 0.1) is 17.1 Å². The molecule has 0 spiro atoms. The van der Waals surface area contributed by atoms with Crippen LogP contribution in [0.1, 0.15) is 86.9 Å². The normalized spacial score (nSPS) is 14.4. The van der Waals surface area contributed by atoms with Gasteiger partial charge in [-0.05, 0) is 79.8 Å². The highest BCUT2D eigenvalue weighted by Gasteiger charge is 2.18. The Balaban J connectivity index is 0.000000170. The van der Waals surface area contributed by atoms with E-state index in [1.807, 2.05) is 111 Å². The van der Waals surface area contributed by atoms with E-state index < -0.39 is 31.4 Å². The van der Waals surface area contributed by atoms with Crippen molar-refractivity contribution in [2.24, 2.45) is 27.0 Å². The summed E-state index contributed by atoms with van der Waals surface area (Å²) < 4.78 is 77.5. The topological polar surface area (TPSA) is 89.0 Å². The molecular formula is C60H66N9+3. The van der Waals surface area contributed by atoms with Crippen molar-refractivity contribution in [3.8, 4) is 67.5 Å². The maximum Gasteiger partial charge on any atom is 0.213 e. The molecule has 0 amide bonds. The van der Waals surface area contributed by atoms with Crippen molar-refractivity contribution in [3.05, 3.63) is 199 Å². The van der Waals surface area contributed by atoms with Crippen LogP contribution in [0.5, 0.6) is 0 Å². The van der Waals surface area contributed by atoms with E-state index in [1.165, 1.54) is 50.6 Å². The predicted octanol–water partition coefficient (Wildman–Crippen LogP) is 11.7. The van der Waals surface area contributed by atoms with Crippen LogP contribution in [0, 0.1) is 26.7 Å². The Morgan fingerprint density at radius 1 is 0.507 bits per heavy atom. The number of pyridine rings is 3. The van der Waals surface area contributed by atoms with Crippen molar-refractivity contribution in [3.63, 3.8) is 0 Å². The van der Waals surface area contributed by atoms with Gasteiger partial charge in [0.1, 0.15) is 38.6 Å². The van der Waals surface area contributed by atoms with Gasteiger partial charge in [-0.2, -0.15) is 0 Å². The van der Waals surface area contributed by atoms with E-state index in [9.17, 15) is 0 Å². The van der Waals surface area contributed by atoms with Crippen molar-refractivity contribution in [2.75, 3.05) is 0 Å². The van der Waals surface area contributed by atoms with E-state index in [1.54, 1.807) is 24.5 Å². The number of rotatable bonds is 10. The Bertz CT molecular complexity index is 3430. The van der Waals surface area contributed by atoms with Gasteiger partial charge in [-0.15, -0.1) is 0 Å². The molecule has 69 heavy (non-hydrogen) atoms. The molecule has 0 aliphatic heterocycles. The number of nitrogens with zero attached hydrogens (tertiary/aromatic N) is 9. The van der Waals surface area contributed by atoms with Crippen molar-refractivity contribution in [2.45, 2.75) is 74.0 Å². The fourth-order valence-electron chi connectivity index (χ4n) is 7.71. The Kier molecular flexibility index (Phi) is 12.7. The number of hydrogen-bond acceptors (Lipinski definition) is 6. The molecule has 0 aliphatic rings. The third-order valence-electron chi connectivity index (χ3n) is 11.5. The lowest BCUT2D eigenvalue weighted by Gasteiger charge is -2.08. The Morgan fingerprint density at radius 2 is 0.884 bits per heavy atom. The van der Waals surface area contributed by atoms with Gasteiger partial charge in [-0.25, -0.2) is 43.6 Å². The summed E-state index contributed by atoms with van der Waals surface area (Å²) in [7, 11) is 5.99. The summed E-state index contributed by atoms with van der Waals surface area (Å²) in [5, 5.41) is 0. The largest absolute Gasteiger partial charge is 0.241 e. The first-order valence-corrected chi connectivity index (χ1v) is 22.8. The molecule has 0 saturated heterocycles. The van der Waals surface area contributed by atoms with E-state index in [-0.39, 0.29) is 17.5 Å². The summed E-state index contributed by atoms with van der Waals surface area (Å²) in [6.45, 7) is 9.57. The van der Waals surface area contributed by atoms with Crippen LogP contribution < -0.4 is 13.7 Å². The highest BCUT2D eigenvalue weighted by atomic mass is 14.9. The van der Waals surface area contributed by atoms with Crippen LogP contribution in [0.25, 0.3) is 67.5 Å². The van der Waals surface area contributed by atoms with E-state index in [4.69, 9.17) is 12.3 Å². The van der Waals surface area contributed by atoms with Crippen LogP contribution >= 0.6 is 0 Å². The molecule has 0 aliphatic carbocycles. The van der Waals surface area contributed by atoms with Crippen molar-refractivity contribution in [1.82, 2.24) is 29.9 Å². The number of benzene rings is 3. The molecule has 0 fully saturated rings. The second-order valence-electron chi connectivity index (χ2n) is 17.0. The van der Waals surface area contributed by atoms with Crippen LogP contribution in [0.3, 0.4) is 0 Å². The lowest BCUT2D eigenvalue weighted by atomic mass is 10.0. The van der Waals surface area contributed by atoms with Gasteiger partial charge in [0.2, 0.25) is 17.1 Å². The van der Waals surface area contributed by atoms with Crippen LogP contribution in [-0.4, -0.2) is 29.9 Å². The average Bonchev–Trinajstić information content (AvgIpc) is 3.46. The second kappa shape index (κ2) is 22.9. The van der Waals surface area contributed by atoms with Crippen molar-refractivity contribution < 1.29 is 26.0 Å². The standard InChI is InChI=1S/C21H24N3.C20H22N3.C19H20N3/c1-15(2)13-21-22-11-9-19(23-21)17-10-12-24(4)20(14-17)18-8-6-5-7-16(18)3;1-14(2)20-21-11-9-18(22-20)16-10-12-23(4)19(13-16)17-8-6-5-7-15(17)3;1-4-19-20-11-9-17(21-19)15-10-12-22(3)18(13-15)16-8-6-5-7-14(16)2/h5-12,14-15H,13H2,1-4H3;5-14H,1-4H3;5-13H,4H2,1-3H3/q3*+1/i13D2,15D;1D3,14D;4D2. The number of aromatic nitrogens is 9. The van der Waals surface area contributed by atoms with E-state index in [0.717, 1.165) is 56.2 Å². The molecule has 1 atom stereocenters. The minimum Gasteiger partial charge on any atom is -0.241 e. The summed E-state index contributed by atoms with van der Waals surface area (Å²) in [5.74, 6) is -3.00. The van der Waals surface area contributed by atoms with E-state index in [0.29, 0.717) is 11.4 Å². The minimum absolute atomic E-state index is 0.00864. The summed E-state index contributed by atoms with van der Waals surface area (Å²) in [6, 6.07) is 41.9. The lowest BCUT2D eigenvalue weighted by molar-refractivity contribution is -0.660. The molecule has 0 saturated carbocycles. The van der Waals surface area contributed by atoms with Gasteiger partial charge in [-0.3, -0.25) is 0 Å². The smallest absolute Gasteiger partial charge is 0.213 e. The van der Waals surface area contributed by atoms with Gasteiger partial charge in [0, 0.05) is 119 Å². The zero-order valence-corrected chi connectivity index (χ0v) is 41.1. The molecule has 1 unspecified atom stereocenters. The highest BCUT2D eigenvalue weighted by Crippen LogP contribution is 2.28. The molecule has 348 valence electrons. The molecule has 6 heterocycles. The Morgan fingerprint density at radius 3 is 1.28 bits per heavy atom. The van der Waals surface area contributed by atoms with E-state index >= 15 is 0 Å². The Labute approximate surface area is 422 Å². The molecule has 3 aromatic carbocycles. The molecule has 0 radical (unpaired) electrons. The van der Waals surface area contributed by atoms with Gasteiger partial charge in [-0.1, -0.05) is 89.1 Å². The third kappa shape index (κ3) is 12.5. The van der Waals surface area contributed by atoms with Crippen molar-refractivity contribution >= 4 is 0 Å². The molecular weight excluding hydrogens is 847 g/mol. The van der Waals surface area contributed by atoms with Gasteiger partial charge in [0.15, 0.2) is 18.6 Å². The summed E-state index contributed by atoms with van der Waals surface area (Å²) in [5.41, 5.74) is 14.8. The predicted molar refractivity (Wildman–Crippen MR) is 278 cm³/mol. The highest BCUT2D eigenvalue weighted by molar-refractivity contribution is 5.70. The molecule has 9 rings (SSSR count). The van der Waals surface area contributed by atoms with Crippen LogP contribution in [0.15, 0.2) is 165 Å². The Hall–Kier alpha value is -7.65. The van der Waals surface area contributed by atoms with Crippen molar-refractivity contribution in [1.29, 1.82) is 0 Å². The fourth-order valence-corrected chi connectivity index (χ4v) is 7.71. The quantitative estimate of drug-likeness (QED) is 0.127. The van der Waals surface area contributed by atoms with Crippen LogP contribution in [0.4, 0.5) is 0 Å². The zero-order chi connectivity index (χ0) is 57.0. The maximum atomic E-state index is 8.27. The lowest BCUT2D eigenvalue weighted by Crippen LogP contribution is -2.30. The summed E-state index contributed by atoms with van der Waals surface area (Å²) in [4.78, 5) is 25.5. The molecule has 0 N–H and O–H groups in total. The third-order valence-corrected chi connectivity index (χ3v) is 11.5. The molecule has 0 bridgehead atoms. The monoisotopic (exact) mass is 922 g/mol. The first-order valence-electron chi connectivity index (χ1n) is 27.3. The van der Waals surface area contributed by atoms with Crippen LogP contribution in [0.2, 0.25) is 0 Å². The first-order chi connectivity index (χ1) is 36.6. The summed E-state index contributed by atoms with van der Waals surface area (Å²) in [6.07, 6.45) is 7.08. The SMILES string of the molecule is [2H]C(C)(C)C([2H])([2H])c1nccc(-c2cc[n+](C)c(-c3ccccc3C)c2)n1.[2H]C([2H])(C)c1nccc(-c2cc[n+](C)c(-c3ccccc3C)c2)n1.[2H]C([2H])([2H])C([2H])(C)c1nccc(-c2cc[n+](C)c(-c3ccccc3C)c2)n1. The average molecular weight is 922 g/mol. The van der Waals surface area contributed by atoms with Crippen LogP contribution in [-0.2, 0) is 33.9 Å². The molecule has 9 aromatic rings. The summed E-state index contributed by atoms with van der Waals surface area (Å²) >= 11 is 0. The van der Waals surface area contributed by atoms with E-state index in [2.05, 4.69) is 108 Å². The van der Waals surface area contributed by atoms with Gasteiger partial charge in [0.25, 0.3) is 0 Å².